The lowest BCUT2D eigenvalue weighted by Gasteiger charge is -2.34. The summed E-state index contributed by atoms with van der Waals surface area (Å²) in [6, 6.07) is 27.1. The molecule has 2 heterocycles. The molecule has 6 rings (SSSR count). The molecule has 50 heavy (non-hydrogen) atoms. The Morgan fingerprint density at radius 2 is 1.44 bits per heavy atom. The molecule has 5 aromatic rings. The standard InChI is InChI=1S/C40H45N5O5/c1-26-41-37(50-43-26)35(25-28-15-17-30-11-7-9-13-33(30)23-28)44(5)38(47)34(24-27-14-16-29-10-6-8-12-32(29)22-27)42-36(46)31-18-20-45(21-19-31)39(48)49-40(2,3)4/h6-17,22-23,31,34-35H,18-21,24-25H2,1-5H3,(H,42,46). The Morgan fingerprint density at radius 1 is 0.880 bits per heavy atom. The van der Waals surface area contributed by atoms with Gasteiger partial charge in [0.15, 0.2) is 5.82 Å². The minimum Gasteiger partial charge on any atom is -0.444 e. The number of nitrogens with one attached hydrogen (secondary N) is 1. The number of aromatic nitrogens is 2. The molecule has 0 aliphatic carbocycles. The third-order valence-corrected chi connectivity index (χ3v) is 9.27. The lowest BCUT2D eigenvalue weighted by Crippen LogP contribution is -2.52. The molecule has 10 heteroatoms. The maximum absolute atomic E-state index is 14.6. The van der Waals surface area contributed by atoms with E-state index in [0.717, 1.165) is 32.7 Å². The van der Waals surface area contributed by atoms with Crippen LogP contribution in [0.4, 0.5) is 4.79 Å². The zero-order chi connectivity index (χ0) is 35.4. The molecule has 1 fully saturated rings. The van der Waals surface area contributed by atoms with Gasteiger partial charge in [0.05, 0.1) is 0 Å². The van der Waals surface area contributed by atoms with Crippen LogP contribution < -0.4 is 5.32 Å². The summed E-state index contributed by atoms with van der Waals surface area (Å²) in [6.07, 6.45) is 1.31. The van der Waals surface area contributed by atoms with Gasteiger partial charge >= 0.3 is 6.09 Å². The van der Waals surface area contributed by atoms with Gasteiger partial charge in [-0.2, -0.15) is 4.98 Å². The van der Waals surface area contributed by atoms with E-state index in [4.69, 9.17) is 9.26 Å². The molecule has 0 radical (unpaired) electrons. The second-order valence-electron chi connectivity index (χ2n) is 14.2. The Labute approximate surface area is 292 Å². The lowest BCUT2D eigenvalue weighted by molar-refractivity contribution is -0.139. The second kappa shape index (κ2) is 14.7. The number of likely N-dealkylation sites (tertiary alicyclic amines) is 1. The first-order valence-electron chi connectivity index (χ1n) is 17.2. The fourth-order valence-electron chi connectivity index (χ4n) is 6.57. The van der Waals surface area contributed by atoms with Crippen LogP contribution in [0.25, 0.3) is 21.5 Å². The number of piperidine rings is 1. The first-order chi connectivity index (χ1) is 23.9. The van der Waals surface area contributed by atoms with Crippen LogP contribution in [0.15, 0.2) is 89.5 Å². The zero-order valence-electron chi connectivity index (χ0n) is 29.4. The average Bonchev–Trinajstić information content (AvgIpc) is 3.54. The number of carbonyl (C=O) groups is 3. The number of benzene rings is 4. The summed E-state index contributed by atoms with van der Waals surface area (Å²) in [6.45, 7) is 8.06. The van der Waals surface area contributed by atoms with Gasteiger partial charge in [0.1, 0.15) is 17.7 Å². The Bertz CT molecular complexity index is 1990. The number of aryl methyl sites for hydroxylation is 1. The van der Waals surface area contributed by atoms with Gasteiger partial charge in [-0.15, -0.1) is 0 Å². The van der Waals surface area contributed by atoms with Crippen LogP contribution in [0.3, 0.4) is 0 Å². The summed E-state index contributed by atoms with van der Waals surface area (Å²) >= 11 is 0. The van der Waals surface area contributed by atoms with E-state index in [1.807, 2.05) is 69.3 Å². The third-order valence-electron chi connectivity index (χ3n) is 9.27. The van der Waals surface area contributed by atoms with Gasteiger partial charge in [-0.1, -0.05) is 90.1 Å². The lowest BCUT2D eigenvalue weighted by atomic mass is 9.94. The molecule has 10 nitrogen and oxygen atoms in total. The van der Waals surface area contributed by atoms with Crippen LogP contribution >= 0.6 is 0 Å². The van der Waals surface area contributed by atoms with Crippen LogP contribution in [0.1, 0.15) is 62.5 Å². The van der Waals surface area contributed by atoms with Crippen LogP contribution in [-0.4, -0.2) is 69.6 Å². The van der Waals surface area contributed by atoms with Crippen molar-refractivity contribution in [3.63, 3.8) is 0 Å². The van der Waals surface area contributed by atoms with Crippen molar-refractivity contribution < 1.29 is 23.6 Å². The molecular formula is C40H45N5O5. The van der Waals surface area contributed by atoms with Gasteiger partial charge in [0, 0.05) is 38.9 Å². The van der Waals surface area contributed by atoms with E-state index in [0.29, 0.717) is 50.5 Å². The quantitative estimate of drug-likeness (QED) is 0.183. The van der Waals surface area contributed by atoms with Crippen LogP contribution in [0, 0.1) is 12.8 Å². The molecule has 1 aliphatic heterocycles. The van der Waals surface area contributed by atoms with Crippen molar-refractivity contribution in [1.82, 2.24) is 25.3 Å². The normalized spacial score (nSPS) is 15.1. The topological polar surface area (TPSA) is 118 Å². The Morgan fingerprint density at radius 3 is 1.98 bits per heavy atom. The number of hydrogen-bond donors (Lipinski definition) is 1. The molecule has 0 saturated carbocycles. The highest BCUT2D eigenvalue weighted by molar-refractivity contribution is 5.90. The van der Waals surface area contributed by atoms with Crippen molar-refractivity contribution in [2.75, 3.05) is 20.1 Å². The van der Waals surface area contributed by atoms with Gasteiger partial charge in [-0.05, 0) is 73.2 Å². The molecule has 1 saturated heterocycles. The Kier molecular flexibility index (Phi) is 10.2. The van der Waals surface area contributed by atoms with Crippen LogP contribution in [0.5, 0.6) is 0 Å². The smallest absolute Gasteiger partial charge is 0.410 e. The number of ether oxygens (including phenoxy) is 1. The summed E-state index contributed by atoms with van der Waals surface area (Å²) in [5.41, 5.74) is 1.34. The second-order valence-corrected chi connectivity index (χ2v) is 14.2. The number of amides is 3. The van der Waals surface area contributed by atoms with E-state index in [-0.39, 0.29) is 23.8 Å². The van der Waals surface area contributed by atoms with Gasteiger partial charge in [-0.25, -0.2) is 4.79 Å². The highest BCUT2D eigenvalue weighted by Crippen LogP contribution is 2.27. The zero-order valence-corrected chi connectivity index (χ0v) is 29.4. The molecule has 0 spiro atoms. The average molecular weight is 676 g/mol. The maximum atomic E-state index is 14.6. The first kappa shape index (κ1) is 34.6. The van der Waals surface area contributed by atoms with E-state index in [1.54, 1.807) is 23.8 Å². The molecule has 3 amide bonds. The van der Waals surface area contributed by atoms with E-state index in [9.17, 15) is 14.4 Å². The van der Waals surface area contributed by atoms with Gasteiger partial charge in [-0.3, -0.25) is 9.59 Å². The SMILES string of the molecule is Cc1noc(C(Cc2ccc3ccccc3c2)N(C)C(=O)C(Cc2ccc3ccccc3c2)NC(=O)C2CCN(C(=O)OC(C)(C)C)CC2)n1. The molecular weight excluding hydrogens is 630 g/mol. The van der Waals surface area contributed by atoms with Crippen molar-refractivity contribution in [2.45, 2.75) is 71.1 Å². The highest BCUT2D eigenvalue weighted by Gasteiger charge is 2.35. The van der Waals surface area contributed by atoms with E-state index < -0.39 is 17.7 Å². The maximum Gasteiger partial charge on any atom is 0.410 e. The Balaban J connectivity index is 1.24. The van der Waals surface area contributed by atoms with E-state index >= 15 is 0 Å². The van der Waals surface area contributed by atoms with Crippen molar-refractivity contribution in [1.29, 1.82) is 0 Å². The number of likely N-dealkylation sites (N-methyl/N-ethyl adjacent to an activating group) is 1. The number of hydrogen-bond acceptors (Lipinski definition) is 7. The van der Waals surface area contributed by atoms with Gasteiger partial charge in [0.25, 0.3) is 0 Å². The first-order valence-corrected chi connectivity index (χ1v) is 17.2. The summed E-state index contributed by atoms with van der Waals surface area (Å²) in [5.74, 6) is -0.0155. The summed E-state index contributed by atoms with van der Waals surface area (Å²) < 4.78 is 11.2. The molecule has 2 atom stereocenters. The predicted molar refractivity (Wildman–Crippen MR) is 192 cm³/mol. The van der Waals surface area contributed by atoms with Crippen molar-refractivity contribution in [2.24, 2.45) is 5.92 Å². The van der Waals surface area contributed by atoms with Crippen molar-refractivity contribution >= 4 is 39.5 Å². The Hall–Kier alpha value is -5.25. The number of fused-ring (bicyclic) bond motifs is 2. The highest BCUT2D eigenvalue weighted by atomic mass is 16.6. The molecule has 4 aromatic carbocycles. The van der Waals surface area contributed by atoms with Crippen LogP contribution in [-0.2, 0) is 27.2 Å². The summed E-state index contributed by atoms with van der Waals surface area (Å²) in [5, 5.41) is 11.5. The molecule has 0 bridgehead atoms. The van der Waals surface area contributed by atoms with Crippen LogP contribution in [0.2, 0.25) is 0 Å². The van der Waals surface area contributed by atoms with Gasteiger partial charge < -0.3 is 24.4 Å². The van der Waals surface area contributed by atoms with E-state index in [2.05, 4.69) is 51.9 Å². The molecule has 260 valence electrons. The molecule has 1 N–H and O–H groups in total. The predicted octanol–water partition coefficient (Wildman–Crippen LogP) is 6.80. The molecule has 2 unspecified atom stereocenters. The van der Waals surface area contributed by atoms with Gasteiger partial charge in [0.2, 0.25) is 17.7 Å². The number of nitrogens with zero attached hydrogens (tertiary/aromatic N) is 4. The minimum absolute atomic E-state index is 0.207. The summed E-state index contributed by atoms with van der Waals surface area (Å²) in [7, 11) is 1.73. The minimum atomic E-state index is -0.860. The van der Waals surface area contributed by atoms with Crippen molar-refractivity contribution in [3.05, 3.63) is 108 Å². The van der Waals surface area contributed by atoms with E-state index in [1.165, 1.54) is 0 Å². The third kappa shape index (κ3) is 8.30. The number of carbonyl (C=O) groups excluding carboxylic acids is 3. The molecule has 1 aromatic heterocycles. The van der Waals surface area contributed by atoms with Crippen molar-refractivity contribution in [3.8, 4) is 0 Å². The monoisotopic (exact) mass is 675 g/mol. The fourth-order valence-corrected chi connectivity index (χ4v) is 6.57. The number of rotatable bonds is 9. The largest absolute Gasteiger partial charge is 0.444 e. The molecule has 1 aliphatic rings. The summed E-state index contributed by atoms with van der Waals surface area (Å²) in [4.78, 5) is 48.9. The fraction of sp³-hybridized carbons (Fsp3) is 0.375.